The lowest BCUT2D eigenvalue weighted by Gasteiger charge is -2.14. The Kier molecular flexibility index (Phi) is 5.37. The third-order valence-corrected chi connectivity index (χ3v) is 2.79. The Labute approximate surface area is 108 Å². The Morgan fingerprint density at radius 3 is 2.67 bits per heavy atom. The number of nitrogens with one attached hydrogen (secondary N) is 1. The van der Waals surface area contributed by atoms with Gasteiger partial charge >= 0.3 is 5.97 Å². The van der Waals surface area contributed by atoms with E-state index in [1.807, 2.05) is 6.26 Å². The van der Waals surface area contributed by atoms with E-state index in [1.165, 1.54) is 23.9 Å². The molecule has 0 aliphatic carbocycles. The van der Waals surface area contributed by atoms with Gasteiger partial charge < -0.3 is 20.4 Å². The predicted octanol–water partition coefficient (Wildman–Crippen LogP) is -0.278. The molecule has 0 aliphatic heterocycles. The minimum absolute atomic E-state index is 0.390. The van der Waals surface area contributed by atoms with Crippen molar-refractivity contribution in [1.29, 1.82) is 0 Å². The highest BCUT2D eigenvalue weighted by atomic mass is 32.2. The summed E-state index contributed by atoms with van der Waals surface area (Å²) in [4.78, 5) is 26.9. The van der Waals surface area contributed by atoms with Gasteiger partial charge in [-0.05, 0) is 18.4 Å². The van der Waals surface area contributed by atoms with Gasteiger partial charge in [0.15, 0.2) is 0 Å². The van der Waals surface area contributed by atoms with E-state index in [2.05, 4.69) is 5.32 Å². The highest BCUT2D eigenvalue weighted by Crippen LogP contribution is 2.19. The molecule has 0 saturated heterocycles. The fourth-order valence-corrected chi connectivity index (χ4v) is 1.71. The maximum Gasteiger partial charge on any atom is 0.355 e. The first-order valence-electron chi connectivity index (χ1n) is 5.10. The molecule has 0 bridgehead atoms. The molecule has 1 amide bonds. The summed E-state index contributed by atoms with van der Waals surface area (Å²) in [7, 11) is 0. The molecular weight excluding hydrogens is 260 g/mol. The van der Waals surface area contributed by atoms with Crippen LogP contribution in [0.2, 0.25) is 0 Å². The third kappa shape index (κ3) is 3.59. The van der Waals surface area contributed by atoms with Crippen molar-refractivity contribution in [3.8, 4) is 11.8 Å². The monoisotopic (exact) mass is 274 g/mol. The largest absolute Gasteiger partial charge is 0.492 e. The number of thioether (sulfide) groups is 1. The van der Waals surface area contributed by atoms with Gasteiger partial charge in [-0.15, -0.1) is 4.73 Å². The standard InChI is InChI=1S/C10H14N2O5S/c1-18-5-4-7(11-6-13)10(16)17-12-8(14)2-3-9(12)15/h2-3,6-7,14-15H,4-5H2,1H3,(H,11,13). The summed E-state index contributed by atoms with van der Waals surface area (Å²) in [6, 6.07) is 1.52. The van der Waals surface area contributed by atoms with Crippen molar-refractivity contribution < 1.29 is 24.6 Å². The predicted molar refractivity (Wildman–Crippen MR) is 65.3 cm³/mol. The number of aromatic nitrogens is 1. The third-order valence-electron chi connectivity index (χ3n) is 2.14. The molecule has 18 heavy (non-hydrogen) atoms. The molecule has 100 valence electrons. The second kappa shape index (κ2) is 6.80. The van der Waals surface area contributed by atoms with Gasteiger partial charge in [-0.1, -0.05) is 0 Å². The van der Waals surface area contributed by atoms with E-state index in [4.69, 9.17) is 4.84 Å². The Balaban J connectivity index is 2.69. The number of aromatic hydroxyl groups is 2. The van der Waals surface area contributed by atoms with Crippen LogP contribution < -0.4 is 10.2 Å². The zero-order valence-corrected chi connectivity index (χ0v) is 10.5. The van der Waals surface area contributed by atoms with Crippen molar-refractivity contribution in [1.82, 2.24) is 10.0 Å². The molecule has 0 radical (unpaired) electrons. The first-order valence-corrected chi connectivity index (χ1v) is 6.50. The Hall–Kier alpha value is -1.83. The average molecular weight is 274 g/mol. The first-order chi connectivity index (χ1) is 8.60. The van der Waals surface area contributed by atoms with E-state index in [1.54, 1.807) is 0 Å². The molecule has 1 atom stereocenters. The van der Waals surface area contributed by atoms with Gasteiger partial charge in [0.1, 0.15) is 6.04 Å². The molecule has 1 rings (SSSR count). The smallest absolute Gasteiger partial charge is 0.355 e. The molecule has 0 saturated carbocycles. The van der Waals surface area contributed by atoms with Crippen LogP contribution >= 0.6 is 11.8 Å². The second-order valence-electron chi connectivity index (χ2n) is 3.37. The second-order valence-corrected chi connectivity index (χ2v) is 4.36. The molecule has 1 heterocycles. The fourth-order valence-electron chi connectivity index (χ4n) is 1.24. The molecule has 8 heteroatoms. The van der Waals surface area contributed by atoms with E-state index < -0.39 is 23.8 Å². The summed E-state index contributed by atoms with van der Waals surface area (Å²) in [5.41, 5.74) is 0. The van der Waals surface area contributed by atoms with Gasteiger partial charge in [0, 0.05) is 12.1 Å². The molecule has 1 aromatic heterocycles. The summed E-state index contributed by atoms with van der Waals surface area (Å²) in [6.07, 6.45) is 2.66. The average Bonchev–Trinajstić information content (AvgIpc) is 2.66. The number of hydrogen-bond acceptors (Lipinski definition) is 6. The summed E-state index contributed by atoms with van der Waals surface area (Å²) >= 11 is 1.52. The van der Waals surface area contributed by atoms with Crippen LogP contribution in [0.15, 0.2) is 12.1 Å². The SMILES string of the molecule is CSCCC(NC=O)C(=O)On1c(O)ccc1O. The molecule has 1 unspecified atom stereocenters. The normalized spacial score (nSPS) is 11.8. The van der Waals surface area contributed by atoms with E-state index in [0.29, 0.717) is 23.3 Å². The lowest BCUT2D eigenvalue weighted by Crippen LogP contribution is -2.41. The number of amides is 1. The molecule has 3 N–H and O–H groups in total. The number of carbonyl (C=O) groups is 2. The van der Waals surface area contributed by atoms with Crippen LogP contribution in [0.1, 0.15) is 6.42 Å². The quantitative estimate of drug-likeness (QED) is 0.591. The van der Waals surface area contributed by atoms with Crippen LogP contribution in [0.25, 0.3) is 0 Å². The van der Waals surface area contributed by atoms with Crippen molar-refractivity contribution in [2.75, 3.05) is 12.0 Å². The number of carbonyl (C=O) groups excluding carboxylic acids is 2. The Bertz CT molecular complexity index is 401. The van der Waals surface area contributed by atoms with Crippen molar-refractivity contribution in [2.24, 2.45) is 0 Å². The number of hydrogen-bond donors (Lipinski definition) is 3. The van der Waals surface area contributed by atoms with Crippen LogP contribution in [0, 0.1) is 0 Å². The van der Waals surface area contributed by atoms with Crippen LogP contribution in [-0.4, -0.2) is 45.4 Å². The van der Waals surface area contributed by atoms with Gasteiger partial charge in [-0.2, -0.15) is 11.8 Å². The minimum Gasteiger partial charge on any atom is -0.492 e. The number of nitrogens with zero attached hydrogens (tertiary/aromatic N) is 1. The van der Waals surface area contributed by atoms with E-state index >= 15 is 0 Å². The van der Waals surface area contributed by atoms with E-state index in [-0.39, 0.29) is 0 Å². The zero-order chi connectivity index (χ0) is 13.5. The summed E-state index contributed by atoms with van der Waals surface area (Å²) in [5, 5.41) is 20.9. The lowest BCUT2D eigenvalue weighted by atomic mass is 10.2. The van der Waals surface area contributed by atoms with Crippen LogP contribution in [0.5, 0.6) is 11.8 Å². The first kappa shape index (κ1) is 14.2. The molecule has 1 aromatic rings. The minimum atomic E-state index is -0.823. The molecule has 0 spiro atoms. The molecule has 0 aromatic carbocycles. The van der Waals surface area contributed by atoms with Crippen molar-refractivity contribution in [2.45, 2.75) is 12.5 Å². The van der Waals surface area contributed by atoms with Crippen LogP contribution in [0.4, 0.5) is 0 Å². The van der Waals surface area contributed by atoms with Crippen molar-refractivity contribution >= 4 is 24.1 Å². The molecular formula is C10H14N2O5S. The summed E-state index contributed by atoms with van der Waals surface area (Å²) < 4.78 is 0.584. The zero-order valence-electron chi connectivity index (χ0n) is 9.70. The topological polar surface area (TPSA) is 101 Å². The van der Waals surface area contributed by atoms with Gasteiger partial charge in [0.05, 0.1) is 0 Å². The van der Waals surface area contributed by atoms with Gasteiger partial charge in [-0.25, -0.2) is 4.79 Å². The Morgan fingerprint density at radius 1 is 1.56 bits per heavy atom. The highest BCUT2D eigenvalue weighted by molar-refractivity contribution is 7.98. The van der Waals surface area contributed by atoms with Crippen LogP contribution in [-0.2, 0) is 9.59 Å². The van der Waals surface area contributed by atoms with E-state index in [0.717, 1.165) is 0 Å². The van der Waals surface area contributed by atoms with Crippen LogP contribution in [0.3, 0.4) is 0 Å². The highest BCUT2D eigenvalue weighted by Gasteiger charge is 2.22. The van der Waals surface area contributed by atoms with Gasteiger partial charge in [-0.3, -0.25) is 4.79 Å². The van der Waals surface area contributed by atoms with Crippen molar-refractivity contribution in [3.63, 3.8) is 0 Å². The molecule has 7 nitrogen and oxygen atoms in total. The van der Waals surface area contributed by atoms with Gasteiger partial charge in [0.2, 0.25) is 18.2 Å². The number of rotatable bonds is 7. The molecule has 0 fully saturated rings. The molecule has 0 aliphatic rings. The van der Waals surface area contributed by atoms with E-state index in [9.17, 15) is 19.8 Å². The maximum absolute atomic E-state index is 11.7. The lowest BCUT2D eigenvalue weighted by molar-refractivity contribution is -0.148. The Morgan fingerprint density at radius 2 is 2.17 bits per heavy atom. The fraction of sp³-hybridized carbons (Fsp3) is 0.400. The van der Waals surface area contributed by atoms with Gasteiger partial charge in [0.25, 0.3) is 0 Å². The van der Waals surface area contributed by atoms with Crippen molar-refractivity contribution in [3.05, 3.63) is 12.1 Å². The maximum atomic E-state index is 11.7. The summed E-state index contributed by atoms with van der Waals surface area (Å²) in [5.74, 6) is -0.923. The summed E-state index contributed by atoms with van der Waals surface area (Å²) in [6.45, 7) is 0.